The van der Waals surface area contributed by atoms with Crippen LogP contribution in [0.3, 0.4) is 0 Å². The van der Waals surface area contributed by atoms with E-state index in [-0.39, 0.29) is 24.3 Å². The van der Waals surface area contributed by atoms with Crippen LogP contribution in [0.1, 0.15) is 92.4 Å². The lowest BCUT2D eigenvalue weighted by atomic mass is 9.96. The fourth-order valence-corrected chi connectivity index (χ4v) is 3.80. The van der Waals surface area contributed by atoms with Crippen molar-refractivity contribution in [1.82, 2.24) is 5.32 Å². The summed E-state index contributed by atoms with van der Waals surface area (Å²) in [6.07, 6.45) is 7.94. The van der Waals surface area contributed by atoms with Gasteiger partial charge in [-0.15, -0.1) is 0 Å². The minimum absolute atomic E-state index is 0.170. The molecule has 2 rings (SSSR count). The smallest absolute Gasteiger partial charge is 0.335 e. The van der Waals surface area contributed by atoms with Gasteiger partial charge in [0.1, 0.15) is 17.9 Å². The largest absolute Gasteiger partial charge is 0.497 e. The van der Waals surface area contributed by atoms with Gasteiger partial charge in [-0.05, 0) is 76.6 Å². The molecule has 0 bridgehead atoms. The summed E-state index contributed by atoms with van der Waals surface area (Å²) in [6.45, 7) is 10.0. The van der Waals surface area contributed by atoms with Crippen LogP contribution in [0.15, 0.2) is 56.7 Å². The number of carbonyl (C=O) groups excluding carboxylic acids is 3. The summed E-state index contributed by atoms with van der Waals surface area (Å²) >= 11 is 0. The predicted octanol–water partition coefficient (Wildman–Crippen LogP) is 6.32. The molecule has 0 aliphatic heterocycles. The zero-order valence-electron chi connectivity index (χ0n) is 26.7. The third-order valence-corrected chi connectivity index (χ3v) is 6.12. The number of esters is 2. The van der Waals surface area contributed by atoms with Crippen LogP contribution in [-0.2, 0) is 23.9 Å². The highest BCUT2D eigenvalue weighted by Gasteiger charge is 2.21. The Morgan fingerprint density at radius 1 is 0.952 bits per heavy atom. The van der Waals surface area contributed by atoms with Crippen LogP contribution in [0, 0.1) is 0 Å². The number of carbonyl (C=O) groups is 3. The molecule has 0 saturated carbocycles. The summed E-state index contributed by atoms with van der Waals surface area (Å²) in [5.74, 6) is 0.285. The molecule has 1 aromatic carbocycles. The van der Waals surface area contributed by atoms with Crippen LogP contribution in [0.5, 0.6) is 5.75 Å². The van der Waals surface area contributed by atoms with Crippen LogP contribution in [0.2, 0.25) is 0 Å². The normalized spacial score (nSPS) is 12.7. The minimum Gasteiger partial charge on any atom is -0.497 e. The van der Waals surface area contributed by atoms with E-state index in [1.54, 1.807) is 31.4 Å². The summed E-state index contributed by atoms with van der Waals surface area (Å²) < 4.78 is 14.5. The number of amidine groups is 1. The van der Waals surface area contributed by atoms with Crippen LogP contribution >= 0.6 is 0 Å². The number of allylic oxidation sites excluding steroid dienone is 2. The summed E-state index contributed by atoms with van der Waals surface area (Å²) in [4.78, 5) is 43.4. The van der Waals surface area contributed by atoms with E-state index in [1.807, 2.05) is 27.7 Å². The van der Waals surface area contributed by atoms with E-state index < -0.39 is 0 Å². The molecule has 0 unspecified atom stereocenters. The highest BCUT2D eigenvalue weighted by atomic mass is 16.5. The lowest BCUT2D eigenvalue weighted by Gasteiger charge is -2.19. The standard InChI is InChI=1S/C20H26N4O4.C10H18O2.C2H6/c1-27-15-9-7-14(8-10-15)22-13-23-18(21)11-12-19(25)24-17-6-4-3-5-16(17)20(26)28-2;1-5-6-7-9(8(2)3)10(11)12-4;1-2/h7-10,13H,3-6,11-12H2,1-2H3,(H,24,25)(H2,21,22,23);5-7H2,1-4H3;1-2H3. The van der Waals surface area contributed by atoms with Gasteiger partial charge in [0.05, 0.1) is 32.6 Å². The van der Waals surface area contributed by atoms with Crippen molar-refractivity contribution >= 4 is 35.7 Å². The zero-order valence-corrected chi connectivity index (χ0v) is 26.7. The van der Waals surface area contributed by atoms with Gasteiger partial charge in [-0.1, -0.05) is 32.8 Å². The molecule has 234 valence electrons. The summed E-state index contributed by atoms with van der Waals surface area (Å²) in [5.41, 5.74) is 9.65. The Morgan fingerprint density at radius 3 is 2.14 bits per heavy atom. The van der Waals surface area contributed by atoms with Gasteiger partial charge in [0.25, 0.3) is 0 Å². The molecule has 1 amide bonds. The molecular formula is C32H50N4O6. The van der Waals surface area contributed by atoms with Crippen LogP contribution < -0.4 is 15.8 Å². The molecule has 10 nitrogen and oxygen atoms in total. The number of nitrogens with zero attached hydrogens (tertiary/aromatic N) is 2. The molecule has 10 heteroatoms. The minimum atomic E-state index is -0.384. The number of hydrogen-bond acceptors (Lipinski definition) is 7. The molecule has 3 N–H and O–H groups in total. The van der Waals surface area contributed by atoms with Crippen LogP contribution in [0.25, 0.3) is 0 Å². The first kappa shape index (κ1) is 38.0. The van der Waals surface area contributed by atoms with E-state index >= 15 is 0 Å². The molecule has 0 heterocycles. The van der Waals surface area contributed by atoms with Crippen molar-refractivity contribution in [2.45, 2.75) is 92.4 Å². The molecule has 0 saturated heterocycles. The number of rotatable bonds is 12. The number of unbranched alkanes of at least 4 members (excludes halogenated alkanes) is 1. The van der Waals surface area contributed by atoms with Gasteiger partial charge in [0.2, 0.25) is 5.91 Å². The number of methoxy groups -OCH3 is 3. The maximum absolute atomic E-state index is 12.2. The van der Waals surface area contributed by atoms with E-state index in [4.69, 9.17) is 15.2 Å². The second-order valence-corrected chi connectivity index (χ2v) is 9.34. The number of ether oxygens (including phenoxy) is 3. The van der Waals surface area contributed by atoms with Crippen molar-refractivity contribution in [1.29, 1.82) is 0 Å². The van der Waals surface area contributed by atoms with Gasteiger partial charge < -0.3 is 25.3 Å². The first-order chi connectivity index (χ1) is 20.2. The molecule has 0 fully saturated rings. The number of nitrogens with two attached hydrogens (primary N) is 1. The monoisotopic (exact) mass is 586 g/mol. The first-order valence-corrected chi connectivity index (χ1v) is 14.5. The maximum atomic E-state index is 12.2. The molecule has 1 aliphatic carbocycles. The Labute approximate surface area is 251 Å². The predicted molar refractivity (Wildman–Crippen MR) is 169 cm³/mol. The van der Waals surface area contributed by atoms with Crippen molar-refractivity contribution in [2.75, 3.05) is 21.3 Å². The summed E-state index contributed by atoms with van der Waals surface area (Å²) in [7, 11) is 4.37. The average Bonchev–Trinajstić information content (AvgIpc) is 3.01. The van der Waals surface area contributed by atoms with E-state index in [0.29, 0.717) is 36.4 Å². The van der Waals surface area contributed by atoms with Gasteiger partial charge >= 0.3 is 11.9 Å². The summed E-state index contributed by atoms with van der Waals surface area (Å²) in [5, 5.41) is 2.82. The van der Waals surface area contributed by atoms with Gasteiger partial charge in [-0.2, -0.15) is 0 Å². The first-order valence-electron chi connectivity index (χ1n) is 14.5. The van der Waals surface area contributed by atoms with E-state index in [9.17, 15) is 14.4 Å². The molecule has 0 spiro atoms. The van der Waals surface area contributed by atoms with E-state index in [0.717, 1.165) is 54.7 Å². The Kier molecular flexibility index (Phi) is 20.6. The molecule has 42 heavy (non-hydrogen) atoms. The fraction of sp³-hybridized carbons (Fsp3) is 0.531. The lowest BCUT2D eigenvalue weighted by Crippen LogP contribution is -2.28. The Morgan fingerprint density at radius 2 is 1.60 bits per heavy atom. The second kappa shape index (κ2) is 22.7. The summed E-state index contributed by atoms with van der Waals surface area (Å²) in [6, 6.07) is 7.19. The third-order valence-electron chi connectivity index (χ3n) is 6.12. The maximum Gasteiger partial charge on any atom is 0.335 e. The fourth-order valence-electron chi connectivity index (χ4n) is 3.80. The lowest BCUT2D eigenvalue weighted by molar-refractivity contribution is -0.137. The van der Waals surface area contributed by atoms with Crippen molar-refractivity contribution in [3.63, 3.8) is 0 Å². The Bertz CT molecular complexity index is 1100. The highest BCUT2D eigenvalue weighted by Crippen LogP contribution is 2.24. The van der Waals surface area contributed by atoms with E-state index in [1.165, 1.54) is 20.6 Å². The van der Waals surface area contributed by atoms with Crippen molar-refractivity contribution < 1.29 is 28.6 Å². The molecule has 0 radical (unpaired) electrons. The third kappa shape index (κ3) is 15.2. The Hall–Kier alpha value is -3.95. The van der Waals surface area contributed by atoms with Gasteiger partial charge in [0, 0.05) is 24.1 Å². The number of amides is 1. The van der Waals surface area contributed by atoms with Gasteiger partial charge in [0.15, 0.2) is 0 Å². The molecule has 1 aromatic rings. The molecule has 0 aromatic heterocycles. The molecule has 1 aliphatic rings. The second-order valence-electron chi connectivity index (χ2n) is 9.34. The molecular weight excluding hydrogens is 536 g/mol. The number of nitrogens with one attached hydrogen (secondary N) is 1. The SMILES string of the molecule is CC.CCCCC(C(=O)OC)=C(C)C.COC(=O)C1=C(NC(=O)CCC(N)=NC=Nc2ccc(OC)cc2)CCCC1. The van der Waals surface area contributed by atoms with Gasteiger partial charge in [-0.3, -0.25) is 4.79 Å². The van der Waals surface area contributed by atoms with Crippen LogP contribution in [-0.4, -0.2) is 51.3 Å². The average molecular weight is 587 g/mol. The van der Waals surface area contributed by atoms with Crippen LogP contribution in [0.4, 0.5) is 5.69 Å². The number of benzene rings is 1. The highest BCUT2D eigenvalue weighted by molar-refractivity contribution is 5.93. The van der Waals surface area contributed by atoms with Gasteiger partial charge in [-0.25, -0.2) is 19.6 Å². The Balaban J connectivity index is 0.00000101. The van der Waals surface area contributed by atoms with Crippen molar-refractivity contribution in [3.05, 3.63) is 46.7 Å². The topological polar surface area (TPSA) is 142 Å². The number of hydrogen-bond donors (Lipinski definition) is 2. The van der Waals surface area contributed by atoms with Crippen molar-refractivity contribution in [2.24, 2.45) is 15.7 Å². The van der Waals surface area contributed by atoms with Crippen molar-refractivity contribution in [3.8, 4) is 5.75 Å². The quantitative estimate of drug-likeness (QED) is 0.126. The number of aliphatic imine (C=N–C) groups is 2. The molecule has 0 atom stereocenters. The zero-order chi connectivity index (χ0) is 31.9. The van der Waals surface area contributed by atoms with E-state index in [2.05, 4.69) is 27.0 Å².